The van der Waals surface area contributed by atoms with Gasteiger partial charge in [-0.2, -0.15) is 5.10 Å². The molecule has 1 saturated heterocycles. The number of rotatable bonds is 4. The number of aliphatic imine (C=N–C) groups is 1. The lowest BCUT2D eigenvalue weighted by Gasteiger charge is -2.18. The van der Waals surface area contributed by atoms with Crippen LogP contribution < -0.4 is 10.6 Å². The van der Waals surface area contributed by atoms with E-state index >= 15 is 0 Å². The molecule has 1 aliphatic rings. The first-order valence-electron chi connectivity index (χ1n) is 6.96. The molecule has 2 heterocycles. The summed E-state index contributed by atoms with van der Waals surface area (Å²) in [4.78, 5) is 17.7. The van der Waals surface area contributed by atoms with Crippen molar-refractivity contribution in [2.75, 3.05) is 20.1 Å². The second-order valence-electron chi connectivity index (χ2n) is 4.83. The molecule has 0 saturated carbocycles. The van der Waals surface area contributed by atoms with E-state index in [4.69, 9.17) is 0 Å². The molecule has 7 heteroatoms. The Morgan fingerprint density at radius 2 is 2.50 bits per heavy atom. The minimum absolute atomic E-state index is 0.217. The van der Waals surface area contributed by atoms with Crippen LogP contribution in [0.4, 0.5) is 0 Å². The summed E-state index contributed by atoms with van der Waals surface area (Å²) in [5, 5.41) is 13.4. The Kier molecular flexibility index (Phi) is 4.97. The molecule has 0 bridgehead atoms. The summed E-state index contributed by atoms with van der Waals surface area (Å²) < 4.78 is 0. The predicted octanol–water partition coefficient (Wildman–Crippen LogP) is 0.0856. The lowest BCUT2D eigenvalue weighted by atomic mass is 10.3. The third kappa shape index (κ3) is 3.72. The number of H-pyrrole nitrogens is 1. The molecule has 7 nitrogen and oxygen atoms in total. The summed E-state index contributed by atoms with van der Waals surface area (Å²) in [6.07, 6.45) is 3.24. The topological polar surface area (TPSA) is 85.4 Å². The van der Waals surface area contributed by atoms with Crippen LogP contribution in [-0.2, 0) is 11.3 Å². The van der Waals surface area contributed by atoms with Crippen LogP contribution in [0, 0.1) is 0 Å². The Morgan fingerprint density at radius 1 is 1.65 bits per heavy atom. The number of carbonyl (C=O) groups is 1. The molecule has 1 amide bonds. The SMILES string of the molecule is CCC(=O)N1CCC(NC(=NC)NCc2ccn[nH]2)C1. The van der Waals surface area contributed by atoms with Gasteiger partial charge in [0.25, 0.3) is 0 Å². The van der Waals surface area contributed by atoms with Gasteiger partial charge in [-0.1, -0.05) is 6.92 Å². The Morgan fingerprint density at radius 3 is 3.15 bits per heavy atom. The molecule has 1 atom stereocenters. The molecule has 110 valence electrons. The summed E-state index contributed by atoms with van der Waals surface area (Å²) >= 11 is 0. The van der Waals surface area contributed by atoms with E-state index in [0.29, 0.717) is 13.0 Å². The molecule has 3 N–H and O–H groups in total. The van der Waals surface area contributed by atoms with Crippen LogP contribution in [0.1, 0.15) is 25.5 Å². The van der Waals surface area contributed by atoms with Crippen molar-refractivity contribution in [2.24, 2.45) is 4.99 Å². The number of nitrogens with one attached hydrogen (secondary N) is 3. The monoisotopic (exact) mass is 278 g/mol. The molecule has 20 heavy (non-hydrogen) atoms. The zero-order valence-corrected chi connectivity index (χ0v) is 12.0. The van der Waals surface area contributed by atoms with Crippen molar-refractivity contribution in [3.05, 3.63) is 18.0 Å². The first kappa shape index (κ1) is 14.4. The maximum absolute atomic E-state index is 11.6. The number of aromatic amines is 1. The van der Waals surface area contributed by atoms with E-state index in [1.54, 1.807) is 13.2 Å². The summed E-state index contributed by atoms with van der Waals surface area (Å²) in [6.45, 7) is 4.11. The van der Waals surface area contributed by atoms with Crippen molar-refractivity contribution in [1.82, 2.24) is 25.7 Å². The second-order valence-corrected chi connectivity index (χ2v) is 4.83. The van der Waals surface area contributed by atoms with Gasteiger partial charge in [0.05, 0.1) is 12.2 Å². The first-order chi connectivity index (χ1) is 9.72. The lowest BCUT2D eigenvalue weighted by molar-refractivity contribution is -0.129. The van der Waals surface area contributed by atoms with Gasteiger partial charge >= 0.3 is 0 Å². The van der Waals surface area contributed by atoms with Crippen molar-refractivity contribution in [2.45, 2.75) is 32.4 Å². The molecular formula is C13H22N6O. The first-order valence-corrected chi connectivity index (χ1v) is 6.96. The predicted molar refractivity (Wildman–Crippen MR) is 77.2 cm³/mol. The quantitative estimate of drug-likeness (QED) is 0.538. The number of hydrogen-bond acceptors (Lipinski definition) is 3. The van der Waals surface area contributed by atoms with Crippen molar-refractivity contribution in [3.63, 3.8) is 0 Å². The maximum atomic E-state index is 11.6. The van der Waals surface area contributed by atoms with Gasteiger partial charge < -0.3 is 15.5 Å². The lowest BCUT2D eigenvalue weighted by Crippen LogP contribution is -2.44. The zero-order chi connectivity index (χ0) is 14.4. The standard InChI is InChI=1S/C13H22N6O/c1-3-12(20)19-7-5-11(9-19)17-13(14-2)15-8-10-4-6-16-18-10/h4,6,11H,3,5,7-9H2,1-2H3,(H,16,18)(H2,14,15,17). The molecule has 1 aromatic rings. The third-order valence-corrected chi connectivity index (χ3v) is 3.41. The number of aromatic nitrogens is 2. The van der Waals surface area contributed by atoms with Crippen LogP contribution in [0.25, 0.3) is 0 Å². The van der Waals surface area contributed by atoms with Gasteiger partial charge in [-0.25, -0.2) is 0 Å². The van der Waals surface area contributed by atoms with Gasteiger partial charge in [0, 0.05) is 38.8 Å². The summed E-state index contributed by atoms with van der Waals surface area (Å²) in [5.41, 5.74) is 1.00. The Bertz CT molecular complexity index is 455. The number of guanidine groups is 1. The average Bonchev–Trinajstić information content (AvgIpc) is 3.13. The van der Waals surface area contributed by atoms with Crippen molar-refractivity contribution < 1.29 is 4.79 Å². The van der Waals surface area contributed by atoms with Gasteiger partial charge in [-0.15, -0.1) is 0 Å². The van der Waals surface area contributed by atoms with Crippen molar-refractivity contribution in [3.8, 4) is 0 Å². The highest BCUT2D eigenvalue weighted by atomic mass is 16.2. The van der Waals surface area contributed by atoms with Crippen LogP contribution in [0.15, 0.2) is 17.3 Å². The molecule has 1 fully saturated rings. The molecule has 0 spiro atoms. The summed E-state index contributed by atoms with van der Waals surface area (Å²) in [5.74, 6) is 0.963. The van der Waals surface area contributed by atoms with Crippen LogP contribution in [0.5, 0.6) is 0 Å². The molecule has 0 aromatic carbocycles. The zero-order valence-electron chi connectivity index (χ0n) is 12.0. The van der Waals surface area contributed by atoms with E-state index in [0.717, 1.165) is 31.2 Å². The number of amides is 1. The highest BCUT2D eigenvalue weighted by Crippen LogP contribution is 2.10. The molecule has 1 aromatic heterocycles. The van der Waals surface area contributed by atoms with Gasteiger partial charge in [0.15, 0.2) is 5.96 Å². The molecule has 0 radical (unpaired) electrons. The van der Waals surface area contributed by atoms with E-state index in [2.05, 4.69) is 25.8 Å². The van der Waals surface area contributed by atoms with E-state index in [1.165, 1.54) is 0 Å². The fourth-order valence-corrected chi connectivity index (χ4v) is 2.28. The van der Waals surface area contributed by atoms with Crippen LogP contribution >= 0.6 is 0 Å². The number of hydrogen-bond donors (Lipinski definition) is 3. The van der Waals surface area contributed by atoms with Gasteiger partial charge in [-0.3, -0.25) is 14.9 Å². The molecule has 2 rings (SSSR count). The van der Waals surface area contributed by atoms with Crippen molar-refractivity contribution >= 4 is 11.9 Å². The number of likely N-dealkylation sites (tertiary alicyclic amines) is 1. The van der Waals surface area contributed by atoms with E-state index in [-0.39, 0.29) is 11.9 Å². The van der Waals surface area contributed by atoms with Crippen LogP contribution in [0.2, 0.25) is 0 Å². The summed E-state index contributed by atoms with van der Waals surface area (Å²) in [6, 6.07) is 2.18. The highest BCUT2D eigenvalue weighted by molar-refractivity contribution is 5.80. The highest BCUT2D eigenvalue weighted by Gasteiger charge is 2.25. The molecular weight excluding hydrogens is 256 g/mol. The van der Waals surface area contributed by atoms with Crippen molar-refractivity contribution in [1.29, 1.82) is 0 Å². The average molecular weight is 278 g/mol. The normalized spacial score (nSPS) is 19.2. The number of carbonyl (C=O) groups excluding carboxylic acids is 1. The van der Waals surface area contributed by atoms with Crippen LogP contribution in [-0.4, -0.2) is 53.1 Å². The Labute approximate surface area is 118 Å². The van der Waals surface area contributed by atoms with E-state index < -0.39 is 0 Å². The molecule has 1 unspecified atom stereocenters. The Hall–Kier alpha value is -2.05. The number of nitrogens with zero attached hydrogens (tertiary/aromatic N) is 3. The largest absolute Gasteiger partial charge is 0.352 e. The second kappa shape index (κ2) is 6.93. The summed E-state index contributed by atoms with van der Waals surface area (Å²) in [7, 11) is 1.74. The molecule has 0 aliphatic carbocycles. The smallest absolute Gasteiger partial charge is 0.222 e. The van der Waals surface area contributed by atoms with Gasteiger partial charge in [0.2, 0.25) is 5.91 Å². The minimum atomic E-state index is 0.217. The van der Waals surface area contributed by atoms with E-state index in [1.807, 2.05) is 17.9 Å². The fraction of sp³-hybridized carbons (Fsp3) is 0.615. The van der Waals surface area contributed by atoms with Crippen LogP contribution in [0.3, 0.4) is 0 Å². The van der Waals surface area contributed by atoms with E-state index in [9.17, 15) is 4.79 Å². The van der Waals surface area contributed by atoms with Gasteiger partial charge in [-0.05, 0) is 12.5 Å². The van der Waals surface area contributed by atoms with Gasteiger partial charge in [0.1, 0.15) is 0 Å². The Balaban J connectivity index is 1.78. The molecule has 1 aliphatic heterocycles. The fourth-order valence-electron chi connectivity index (χ4n) is 2.28. The third-order valence-electron chi connectivity index (χ3n) is 3.41. The maximum Gasteiger partial charge on any atom is 0.222 e. The minimum Gasteiger partial charge on any atom is -0.352 e.